The molecule has 1 aromatic rings. The maximum Gasteiger partial charge on any atom is 0.329 e. The number of aromatic nitrogens is 1. The molecule has 0 bridgehead atoms. The van der Waals surface area contributed by atoms with Crippen molar-refractivity contribution in [3.8, 4) is 5.88 Å². The number of rotatable bonds is 8. The Hall–Kier alpha value is -2.09. The lowest BCUT2D eigenvalue weighted by molar-refractivity contribution is -0.142. The average Bonchev–Trinajstić information content (AvgIpc) is 2.71. The molecule has 0 spiro atoms. The lowest BCUT2D eigenvalue weighted by Gasteiger charge is -2.05. The van der Waals surface area contributed by atoms with Crippen molar-refractivity contribution in [1.29, 1.82) is 0 Å². The van der Waals surface area contributed by atoms with Gasteiger partial charge >= 0.3 is 5.97 Å². The van der Waals surface area contributed by atoms with Crippen molar-refractivity contribution in [2.24, 2.45) is 0 Å². The quantitative estimate of drug-likeness (QED) is 0.609. The number of aryl methyl sites for hydroxylation is 1. The van der Waals surface area contributed by atoms with Gasteiger partial charge in [0.05, 0.1) is 6.61 Å². The molecule has 0 radical (unpaired) electrons. The predicted octanol–water partition coefficient (Wildman–Crippen LogP) is -0.421. The molecule has 0 unspecified atom stereocenters. The van der Waals surface area contributed by atoms with Gasteiger partial charge in [-0.1, -0.05) is 0 Å². The first-order valence-corrected chi connectivity index (χ1v) is 5.20. The van der Waals surface area contributed by atoms with Crippen LogP contribution in [0.3, 0.4) is 0 Å². The second-order valence-corrected chi connectivity index (χ2v) is 3.36. The number of carboxylic acids is 1. The van der Waals surface area contributed by atoms with E-state index in [0.29, 0.717) is 5.76 Å². The van der Waals surface area contributed by atoms with Crippen LogP contribution >= 0.6 is 0 Å². The molecular formula is C10H14N2O6. The van der Waals surface area contributed by atoms with Gasteiger partial charge in [-0.05, 0) is 12.1 Å². The number of carbonyl (C=O) groups is 2. The summed E-state index contributed by atoms with van der Waals surface area (Å²) in [6.07, 6.45) is 0. The molecule has 0 aromatic carbocycles. The van der Waals surface area contributed by atoms with Gasteiger partial charge in [0, 0.05) is 12.6 Å². The lowest BCUT2D eigenvalue weighted by atomic mass is 10.5. The van der Waals surface area contributed by atoms with Crippen LogP contribution in [0, 0.1) is 6.92 Å². The molecule has 0 saturated carbocycles. The third-order valence-electron chi connectivity index (χ3n) is 1.75. The van der Waals surface area contributed by atoms with Crippen LogP contribution in [-0.2, 0) is 14.3 Å². The number of aliphatic carboxylic acids is 1. The molecule has 2 N–H and O–H groups in total. The van der Waals surface area contributed by atoms with Gasteiger partial charge < -0.3 is 24.4 Å². The largest absolute Gasteiger partial charge is 0.480 e. The molecule has 0 saturated heterocycles. The van der Waals surface area contributed by atoms with Crippen molar-refractivity contribution in [2.45, 2.75) is 6.92 Å². The Labute approximate surface area is 103 Å². The molecule has 0 atom stereocenters. The normalized spacial score (nSPS) is 10.1. The Morgan fingerprint density at radius 3 is 2.89 bits per heavy atom. The third-order valence-corrected chi connectivity index (χ3v) is 1.75. The minimum Gasteiger partial charge on any atom is -0.480 e. The molecule has 0 aliphatic heterocycles. The van der Waals surface area contributed by atoms with Gasteiger partial charge in [0.2, 0.25) is 0 Å². The summed E-state index contributed by atoms with van der Waals surface area (Å²) in [5, 5.41) is 14.3. The highest BCUT2D eigenvalue weighted by Gasteiger charge is 2.05. The Morgan fingerprint density at radius 1 is 1.50 bits per heavy atom. The summed E-state index contributed by atoms with van der Waals surface area (Å²) >= 11 is 0. The smallest absolute Gasteiger partial charge is 0.329 e. The molecule has 1 amide bonds. The Balaban J connectivity index is 2.05. The highest BCUT2D eigenvalue weighted by atomic mass is 16.5. The SMILES string of the molecule is Cc1cc(OCC(=O)NCCOCC(=O)O)no1. The predicted molar refractivity (Wildman–Crippen MR) is 58.2 cm³/mol. The average molecular weight is 258 g/mol. The molecule has 0 fully saturated rings. The van der Waals surface area contributed by atoms with Gasteiger partial charge in [0.25, 0.3) is 11.8 Å². The van der Waals surface area contributed by atoms with Gasteiger partial charge in [-0.15, -0.1) is 0 Å². The van der Waals surface area contributed by atoms with E-state index < -0.39 is 5.97 Å². The van der Waals surface area contributed by atoms with Crippen molar-refractivity contribution in [3.63, 3.8) is 0 Å². The van der Waals surface area contributed by atoms with E-state index in [1.807, 2.05) is 0 Å². The number of nitrogens with one attached hydrogen (secondary N) is 1. The van der Waals surface area contributed by atoms with Crippen LogP contribution in [0.25, 0.3) is 0 Å². The fraction of sp³-hybridized carbons (Fsp3) is 0.500. The van der Waals surface area contributed by atoms with Gasteiger partial charge in [-0.2, -0.15) is 0 Å². The molecule has 8 heteroatoms. The Morgan fingerprint density at radius 2 is 2.28 bits per heavy atom. The number of hydrogen-bond donors (Lipinski definition) is 2. The minimum absolute atomic E-state index is 0.126. The Bertz CT molecular complexity index is 403. The number of ether oxygens (including phenoxy) is 2. The monoisotopic (exact) mass is 258 g/mol. The molecule has 0 aliphatic carbocycles. The number of nitrogens with zero attached hydrogens (tertiary/aromatic N) is 1. The topological polar surface area (TPSA) is 111 Å². The fourth-order valence-electron chi connectivity index (χ4n) is 1.02. The summed E-state index contributed by atoms with van der Waals surface area (Å²) in [5.41, 5.74) is 0. The van der Waals surface area contributed by atoms with Crippen LogP contribution in [0.15, 0.2) is 10.6 Å². The number of amides is 1. The highest BCUT2D eigenvalue weighted by Crippen LogP contribution is 2.08. The number of hydrogen-bond acceptors (Lipinski definition) is 6. The zero-order chi connectivity index (χ0) is 13.4. The lowest BCUT2D eigenvalue weighted by Crippen LogP contribution is -2.32. The van der Waals surface area contributed by atoms with E-state index in [1.165, 1.54) is 0 Å². The third kappa shape index (κ3) is 5.85. The summed E-state index contributed by atoms with van der Waals surface area (Å²) in [5.74, 6) is -0.571. The summed E-state index contributed by atoms with van der Waals surface area (Å²) in [4.78, 5) is 21.4. The highest BCUT2D eigenvalue weighted by molar-refractivity contribution is 5.77. The molecular weight excluding hydrogens is 244 g/mol. The summed E-state index contributed by atoms with van der Waals surface area (Å²) in [6.45, 7) is 1.48. The van der Waals surface area contributed by atoms with Crippen LogP contribution < -0.4 is 10.1 Å². The molecule has 1 aromatic heterocycles. The minimum atomic E-state index is -1.05. The van der Waals surface area contributed by atoms with Gasteiger partial charge in [0.15, 0.2) is 6.61 Å². The standard InChI is InChI=1S/C10H14N2O6/c1-7-4-9(12-18-7)17-5-8(13)11-2-3-16-6-10(14)15/h4H,2-3,5-6H2,1H3,(H,11,13)(H,14,15). The van der Waals surface area contributed by atoms with E-state index in [-0.39, 0.29) is 38.2 Å². The van der Waals surface area contributed by atoms with Gasteiger partial charge in [-0.25, -0.2) is 4.79 Å². The van der Waals surface area contributed by atoms with Gasteiger partial charge in [-0.3, -0.25) is 4.79 Å². The summed E-state index contributed by atoms with van der Waals surface area (Å²) < 4.78 is 14.5. The van der Waals surface area contributed by atoms with E-state index in [2.05, 4.69) is 10.5 Å². The maximum atomic E-state index is 11.3. The van der Waals surface area contributed by atoms with Crippen LogP contribution in [-0.4, -0.2) is 48.5 Å². The van der Waals surface area contributed by atoms with E-state index in [0.717, 1.165) is 0 Å². The zero-order valence-electron chi connectivity index (χ0n) is 9.84. The summed E-state index contributed by atoms with van der Waals surface area (Å²) in [6, 6.07) is 1.56. The van der Waals surface area contributed by atoms with E-state index >= 15 is 0 Å². The van der Waals surface area contributed by atoms with Crippen molar-refractivity contribution in [2.75, 3.05) is 26.4 Å². The van der Waals surface area contributed by atoms with Crippen LogP contribution in [0.1, 0.15) is 5.76 Å². The number of carbonyl (C=O) groups excluding carboxylic acids is 1. The molecule has 8 nitrogen and oxygen atoms in total. The fourth-order valence-corrected chi connectivity index (χ4v) is 1.02. The first-order chi connectivity index (χ1) is 8.58. The second kappa shape index (κ2) is 7.28. The molecule has 1 heterocycles. The molecule has 1 rings (SSSR count). The van der Waals surface area contributed by atoms with E-state index in [1.54, 1.807) is 13.0 Å². The molecule has 100 valence electrons. The van der Waals surface area contributed by atoms with Crippen molar-refractivity contribution >= 4 is 11.9 Å². The Kier molecular flexibility index (Phi) is 5.65. The second-order valence-electron chi connectivity index (χ2n) is 3.36. The zero-order valence-corrected chi connectivity index (χ0v) is 9.84. The molecule has 18 heavy (non-hydrogen) atoms. The first kappa shape index (κ1) is 14.0. The van der Waals surface area contributed by atoms with Crippen molar-refractivity contribution in [1.82, 2.24) is 10.5 Å². The maximum absolute atomic E-state index is 11.3. The first-order valence-electron chi connectivity index (χ1n) is 5.20. The van der Waals surface area contributed by atoms with Crippen LogP contribution in [0.2, 0.25) is 0 Å². The van der Waals surface area contributed by atoms with Crippen molar-refractivity contribution in [3.05, 3.63) is 11.8 Å². The summed E-state index contributed by atoms with van der Waals surface area (Å²) in [7, 11) is 0. The van der Waals surface area contributed by atoms with Crippen LogP contribution in [0.4, 0.5) is 0 Å². The van der Waals surface area contributed by atoms with Crippen molar-refractivity contribution < 1.29 is 28.7 Å². The van der Waals surface area contributed by atoms with Gasteiger partial charge in [0.1, 0.15) is 12.4 Å². The van der Waals surface area contributed by atoms with Crippen LogP contribution in [0.5, 0.6) is 5.88 Å². The van der Waals surface area contributed by atoms with E-state index in [4.69, 9.17) is 19.1 Å². The number of carboxylic acid groups (broad SMARTS) is 1. The van der Waals surface area contributed by atoms with E-state index in [9.17, 15) is 9.59 Å². The molecule has 0 aliphatic rings.